The molecule has 1 aliphatic rings. The van der Waals surface area contributed by atoms with E-state index in [9.17, 15) is 0 Å². The van der Waals surface area contributed by atoms with E-state index in [1.165, 1.54) is 80.7 Å². The summed E-state index contributed by atoms with van der Waals surface area (Å²) in [4.78, 5) is 0. The van der Waals surface area contributed by atoms with Crippen LogP contribution in [0.15, 0.2) is 164 Å². The number of rotatable bonds is 4. The van der Waals surface area contributed by atoms with Crippen LogP contribution in [0.2, 0.25) is 0 Å². The van der Waals surface area contributed by atoms with E-state index in [1.54, 1.807) is 0 Å². The highest BCUT2D eigenvalue weighted by Gasteiger charge is 2.20. The molecule has 0 spiro atoms. The molecule has 0 atom stereocenters. The molecule has 3 aromatic heterocycles. The average Bonchev–Trinajstić information content (AvgIpc) is 3.85. The van der Waals surface area contributed by atoms with Gasteiger partial charge in [0.1, 0.15) is 5.82 Å². The SMILES string of the molecule is C1=Cc2c(n(-c3ccc4c(c3)c3ccccc3n4-c3cccc(-c4cccc(-c5ccc6sc7ccccc7c6c5)c4)c3)c3ccccc23)NC1. The maximum absolute atomic E-state index is 3.66. The maximum atomic E-state index is 3.66. The smallest absolute Gasteiger partial charge is 0.119 e. The molecule has 0 amide bonds. The fourth-order valence-electron chi connectivity index (χ4n) is 8.20. The fraction of sp³-hybridized carbons (Fsp3) is 0.0213. The summed E-state index contributed by atoms with van der Waals surface area (Å²) in [5.41, 5.74) is 12.0. The van der Waals surface area contributed by atoms with Gasteiger partial charge in [-0.2, -0.15) is 0 Å². The van der Waals surface area contributed by atoms with Crippen molar-refractivity contribution in [3.05, 3.63) is 169 Å². The lowest BCUT2D eigenvalue weighted by molar-refractivity contribution is 1.10. The molecule has 0 fully saturated rings. The molecular weight excluding hydrogens is 639 g/mol. The highest BCUT2D eigenvalue weighted by molar-refractivity contribution is 7.25. The van der Waals surface area contributed by atoms with Gasteiger partial charge in [0.05, 0.1) is 16.6 Å². The Balaban J connectivity index is 1.03. The van der Waals surface area contributed by atoms with Crippen LogP contribution in [0.1, 0.15) is 5.56 Å². The molecule has 4 heteroatoms. The zero-order valence-electron chi connectivity index (χ0n) is 27.7. The van der Waals surface area contributed by atoms with E-state index < -0.39 is 0 Å². The van der Waals surface area contributed by atoms with E-state index in [-0.39, 0.29) is 0 Å². The number of hydrogen-bond donors (Lipinski definition) is 1. The summed E-state index contributed by atoms with van der Waals surface area (Å²) in [5.74, 6) is 1.15. The Labute approximate surface area is 298 Å². The lowest BCUT2D eigenvalue weighted by atomic mass is 9.97. The predicted octanol–water partition coefficient (Wildman–Crippen LogP) is 12.9. The minimum absolute atomic E-state index is 0.825. The van der Waals surface area contributed by atoms with Crippen molar-refractivity contribution in [3.8, 4) is 33.6 Å². The Bertz CT molecular complexity index is 3040. The molecule has 0 saturated carbocycles. The first-order valence-corrected chi connectivity index (χ1v) is 18.3. The van der Waals surface area contributed by atoms with E-state index in [2.05, 4.69) is 184 Å². The second kappa shape index (κ2) is 11.1. The van der Waals surface area contributed by atoms with Crippen LogP contribution in [0, 0.1) is 0 Å². The molecule has 240 valence electrons. The molecule has 51 heavy (non-hydrogen) atoms. The average molecular weight is 670 g/mol. The second-order valence-electron chi connectivity index (χ2n) is 13.4. The summed E-state index contributed by atoms with van der Waals surface area (Å²) in [6.07, 6.45) is 4.45. The quantitative estimate of drug-likeness (QED) is 0.198. The highest BCUT2D eigenvalue weighted by Crippen LogP contribution is 2.40. The van der Waals surface area contributed by atoms with Gasteiger partial charge in [-0.25, -0.2) is 0 Å². The first kappa shape index (κ1) is 28.5. The summed E-state index contributed by atoms with van der Waals surface area (Å²) >= 11 is 1.86. The first-order chi connectivity index (χ1) is 25.3. The molecule has 4 heterocycles. The number of nitrogens with zero attached hydrogens (tertiary/aromatic N) is 2. The Kier molecular flexibility index (Phi) is 6.18. The Morgan fingerprint density at radius 3 is 1.94 bits per heavy atom. The van der Waals surface area contributed by atoms with Gasteiger partial charge in [0.2, 0.25) is 0 Å². The minimum Gasteiger partial charge on any atom is -0.367 e. The number of benzene rings is 7. The lowest BCUT2D eigenvalue weighted by Crippen LogP contribution is -2.08. The van der Waals surface area contributed by atoms with Crippen molar-refractivity contribution in [3.63, 3.8) is 0 Å². The van der Waals surface area contributed by atoms with E-state index >= 15 is 0 Å². The molecule has 0 unspecified atom stereocenters. The van der Waals surface area contributed by atoms with Crippen LogP contribution in [-0.2, 0) is 0 Å². The minimum atomic E-state index is 0.825. The maximum Gasteiger partial charge on any atom is 0.119 e. The topological polar surface area (TPSA) is 21.9 Å². The van der Waals surface area contributed by atoms with Gasteiger partial charge < -0.3 is 9.88 Å². The molecule has 3 nitrogen and oxygen atoms in total. The number of para-hydroxylation sites is 2. The van der Waals surface area contributed by atoms with Crippen molar-refractivity contribution < 1.29 is 0 Å². The van der Waals surface area contributed by atoms with Gasteiger partial charge in [-0.05, 0) is 89.0 Å². The molecule has 10 aromatic rings. The van der Waals surface area contributed by atoms with E-state index in [0.29, 0.717) is 0 Å². The number of thiophene rings is 1. The lowest BCUT2D eigenvalue weighted by Gasteiger charge is -2.15. The van der Waals surface area contributed by atoms with Gasteiger partial charge in [0, 0.05) is 59.8 Å². The molecule has 7 aromatic carbocycles. The largest absolute Gasteiger partial charge is 0.367 e. The zero-order chi connectivity index (χ0) is 33.5. The molecule has 1 N–H and O–H groups in total. The van der Waals surface area contributed by atoms with Gasteiger partial charge in [-0.15, -0.1) is 11.3 Å². The van der Waals surface area contributed by atoms with Gasteiger partial charge in [0.15, 0.2) is 0 Å². The third-order valence-corrected chi connectivity index (χ3v) is 11.7. The van der Waals surface area contributed by atoms with Crippen LogP contribution in [-0.4, -0.2) is 15.7 Å². The van der Waals surface area contributed by atoms with Crippen molar-refractivity contribution >= 4 is 76.1 Å². The molecule has 0 bridgehead atoms. The van der Waals surface area contributed by atoms with Crippen LogP contribution in [0.5, 0.6) is 0 Å². The fourth-order valence-corrected chi connectivity index (χ4v) is 9.28. The van der Waals surface area contributed by atoms with E-state index in [1.807, 2.05) is 11.3 Å². The van der Waals surface area contributed by atoms with Crippen molar-refractivity contribution in [2.24, 2.45) is 0 Å². The highest BCUT2D eigenvalue weighted by atomic mass is 32.1. The summed E-state index contributed by atoms with van der Waals surface area (Å²) in [6.45, 7) is 0.825. The van der Waals surface area contributed by atoms with E-state index in [4.69, 9.17) is 0 Å². The summed E-state index contributed by atoms with van der Waals surface area (Å²) in [6, 6.07) is 58.0. The van der Waals surface area contributed by atoms with Crippen molar-refractivity contribution in [2.75, 3.05) is 11.9 Å². The Hall–Kier alpha value is -6.36. The summed E-state index contributed by atoms with van der Waals surface area (Å²) < 4.78 is 7.47. The zero-order valence-corrected chi connectivity index (χ0v) is 28.5. The first-order valence-electron chi connectivity index (χ1n) is 17.5. The van der Waals surface area contributed by atoms with Crippen LogP contribution in [0.25, 0.3) is 92.6 Å². The third-order valence-electron chi connectivity index (χ3n) is 10.5. The van der Waals surface area contributed by atoms with Crippen LogP contribution in [0.3, 0.4) is 0 Å². The van der Waals surface area contributed by atoms with Crippen molar-refractivity contribution in [2.45, 2.75) is 0 Å². The van der Waals surface area contributed by atoms with E-state index in [0.717, 1.165) is 23.7 Å². The monoisotopic (exact) mass is 669 g/mol. The predicted molar refractivity (Wildman–Crippen MR) is 219 cm³/mol. The number of nitrogens with one attached hydrogen (secondary N) is 1. The number of fused-ring (bicyclic) bond motifs is 9. The molecule has 1 aliphatic heterocycles. The van der Waals surface area contributed by atoms with Gasteiger partial charge >= 0.3 is 0 Å². The number of aromatic nitrogens is 2. The molecule has 11 rings (SSSR count). The molecule has 0 saturated heterocycles. The van der Waals surface area contributed by atoms with Gasteiger partial charge in [0.25, 0.3) is 0 Å². The summed E-state index contributed by atoms with van der Waals surface area (Å²) in [7, 11) is 0. The van der Waals surface area contributed by atoms with Crippen LogP contribution < -0.4 is 5.32 Å². The number of hydrogen-bond acceptors (Lipinski definition) is 2. The van der Waals surface area contributed by atoms with Gasteiger partial charge in [-0.3, -0.25) is 4.57 Å². The van der Waals surface area contributed by atoms with Crippen molar-refractivity contribution in [1.29, 1.82) is 0 Å². The Morgan fingerprint density at radius 2 is 1.08 bits per heavy atom. The second-order valence-corrected chi connectivity index (χ2v) is 14.5. The molecule has 0 aliphatic carbocycles. The summed E-state index contributed by atoms with van der Waals surface area (Å²) in [5, 5.41) is 10.1. The van der Waals surface area contributed by atoms with Crippen LogP contribution >= 0.6 is 11.3 Å². The normalized spacial score (nSPS) is 12.7. The van der Waals surface area contributed by atoms with Gasteiger partial charge in [-0.1, -0.05) is 103 Å². The third kappa shape index (κ3) is 4.37. The van der Waals surface area contributed by atoms with Crippen LogP contribution in [0.4, 0.5) is 5.82 Å². The van der Waals surface area contributed by atoms with Crippen molar-refractivity contribution in [1.82, 2.24) is 9.13 Å². The number of anilines is 1. The molecular formula is C47H31N3S. The Morgan fingerprint density at radius 1 is 0.431 bits per heavy atom. The standard InChI is InChI=1S/C47H31N3S/c1-5-19-43-36(14-1)39-17-9-25-48-47(39)50(43)35-22-23-44-40(29-35)37-15-2-4-18-42(37)49(44)34-13-8-12-32(27-34)30-10-7-11-31(26-30)33-21-24-46-41(28-33)38-16-3-6-20-45(38)51-46/h1-24,26-29,48H,25H2. The molecule has 0 radical (unpaired) electrons.